The van der Waals surface area contributed by atoms with Crippen LogP contribution in [0.2, 0.25) is 0 Å². The highest BCUT2D eigenvalue weighted by molar-refractivity contribution is 9.10. The van der Waals surface area contributed by atoms with Gasteiger partial charge in [0.25, 0.3) is 0 Å². The summed E-state index contributed by atoms with van der Waals surface area (Å²) in [5, 5.41) is 9.43. The number of hydrogen-bond donors (Lipinski definition) is 2. The standard InChI is InChI=1S/C12H17BrN2O/c13-10-2-1-9(12(14)7-10)8-15-5-3-11(16)4-6-15/h1-2,7,11,16H,3-6,8,14H2. The first-order valence-corrected chi connectivity index (χ1v) is 6.39. The van der Waals surface area contributed by atoms with Gasteiger partial charge in [0.15, 0.2) is 0 Å². The zero-order valence-corrected chi connectivity index (χ0v) is 10.8. The molecule has 0 aliphatic carbocycles. The monoisotopic (exact) mass is 284 g/mol. The van der Waals surface area contributed by atoms with E-state index in [-0.39, 0.29) is 6.10 Å². The summed E-state index contributed by atoms with van der Waals surface area (Å²) in [6.45, 7) is 2.79. The summed E-state index contributed by atoms with van der Waals surface area (Å²) < 4.78 is 1.02. The van der Waals surface area contributed by atoms with Gasteiger partial charge in [-0.05, 0) is 30.5 Å². The van der Waals surface area contributed by atoms with Gasteiger partial charge in [-0.2, -0.15) is 0 Å². The van der Waals surface area contributed by atoms with E-state index in [1.807, 2.05) is 12.1 Å². The van der Waals surface area contributed by atoms with Gasteiger partial charge in [-0.1, -0.05) is 22.0 Å². The molecule has 1 aromatic carbocycles. The lowest BCUT2D eigenvalue weighted by molar-refractivity contribution is 0.0793. The molecule has 3 nitrogen and oxygen atoms in total. The summed E-state index contributed by atoms with van der Waals surface area (Å²) in [6.07, 6.45) is 1.63. The average Bonchev–Trinajstić information content (AvgIpc) is 2.25. The van der Waals surface area contributed by atoms with Crippen molar-refractivity contribution in [1.82, 2.24) is 4.90 Å². The van der Waals surface area contributed by atoms with E-state index in [9.17, 15) is 5.11 Å². The van der Waals surface area contributed by atoms with E-state index in [2.05, 4.69) is 26.9 Å². The van der Waals surface area contributed by atoms with Crippen molar-refractivity contribution in [3.8, 4) is 0 Å². The molecule has 1 heterocycles. The number of aliphatic hydroxyl groups excluding tert-OH is 1. The van der Waals surface area contributed by atoms with Crippen molar-refractivity contribution in [3.05, 3.63) is 28.2 Å². The highest BCUT2D eigenvalue weighted by Gasteiger charge is 2.17. The van der Waals surface area contributed by atoms with Crippen LogP contribution < -0.4 is 5.73 Å². The number of piperidine rings is 1. The zero-order chi connectivity index (χ0) is 11.5. The Morgan fingerprint density at radius 2 is 2.06 bits per heavy atom. The van der Waals surface area contributed by atoms with Gasteiger partial charge in [-0.3, -0.25) is 4.90 Å². The lowest BCUT2D eigenvalue weighted by atomic mass is 10.1. The van der Waals surface area contributed by atoms with Crippen LogP contribution in [-0.2, 0) is 6.54 Å². The molecule has 1 aliphatic rings. The molecule has 0 saturated carbocycles. The van der Waals surface area contributed by atoms with Crippen molar-refractivity contribution in [2.75, 3.05) is 18.8 Å². The van der Waals surface area contributed by atoms with E-state index in [0.29, 0.717) is 0 Å². The number of aliphatic hydroxyl groups is 1. The third-order valence-corrected chi connectivity index (χ3v) is 3.55. The molecular formula is C12H17BrN2O. The minimum Gasteiger partial charge on any atom is -0.398 e. The molecular weight excluding hydrogens is 268 g/mol. The predicted octanol–water partition coefficient (Wildman–Crippen LogP) is 1.99. The van der Waals surface area contributed by atoms with Crippen LogP contribution in [0, 0.1) is 0 Å². The molecule has 0 spiro atoms. The fourth-order valence-electron chi connectivity index (χ4n) is 2.03. The van der Waals surface area contributed by atoms with E-state index >= 15 is 0 Å². The summed E-state index contributed by atoms with van der Waals surface area (Å²) in [5.74, 6) is 0. The number of benzene rings is 1. The summed E-state index contributed by atoms with van der Waals surface area (Å²) in [5.41, 5.74) is 7.96. The maximum absolute atomic E-state index is 9.43. The normalized spacial score (nSPS) is 18.9. The van der Waals surface area contributed by atoms with Crippen molar-refractivity contribution in [2.45, 2.75) is 25.5 Å². The minimum atomic E-state index is -0.112. The Bertz CT molecular complexity index is 362. The molecule has 0 radical (unpaired) electrons. The third-order valence-electron chi connectivity index (χ3n) is 3.06. The first-order chi connectivity index (χ1) is 7.65. The molecule has 1 aromatic rings. The predicted molar refractivity (Wildman–Crippen MR) is 69.1 cm³/mol. The number of hydrogen-bond acceptors (Lipinski definition) is 3. The van der Waals surface area contributed by atoms with E-state index in [4.69, 9.17) is 5.73 Å². The van der Waals surface area contributed by atoms with E-state index in [1.54, 1.807) is 0 Å². The number of nitrogen functional groups attached to an aromatic ring is 1. The lowest BCUT2D eigenvalue weighted by Gasteiger charge is -2.29. The largest absolute Gasteiger partial charge is 0.398 e. The fourth-order valence-corrected chi connectivity index (χ4v) is 2.41. The average molecular weight is 285 g/mol. The molecule has 0 atom stereocenters. The van der Waals surface area contributed by atoms with Gasteiger partial charge in [0.05, 0.1) is 6.10 Å². The van der Waals surface area contributed by atoms with E-state index in [0.717, 1.165) is 42.6 Å². The van der Waals surface area contributed by atoms with Crippen LogP contribution in [0.1, 0.15) is 18.4 Å². The van der Waals surface area contributed by atoms with Crippen LogP contribution in [0.15, 0.2) is 22.7 Å². The Labute approximate surface area is 104 Å². The highest BCUT2D eigenvalue weighted by Crippen LogP contribution is 2.21. The Hall–Kier alpha value is -0.580. The molecule has 0 aromatic heterocycles. The summed E-state index contributed by atoms with van der Waals surface area (Å²) >= 11 is 3.40. The molecule has 0 unspecified atom stereocenters. The molecule has 0 bridgehead atoms. The molecule has 88 valence electrons. The van der Waals surface area contributed by atoms with Gasteiger partial charge >= 0.3 is 0 Å². The Kier molecular flexibility index (Phi) is 3.84. The second kappa shape index (κ2) is 5.17. The van der Waals surface area contributed by atoms with Crippen LogP contribution in [0.4, 0.5) is 5.69 Å². The van der Waals surface area contributed by atoms with Crippen LogP contribution in [0.3, 0.4) is 0 Å². The van der Waals surface area contributed by atoms with E-state index in [1.165, 1.54) is 5.56 Å². The van der Waals surface area contributed by atoms with Gasteiger partial charge in [0.2, 0.25) is 0 Å². The van der Waals surface area contributed by atoms with Crippen LogP contribution in [0.5, 0.6) is 0 Å². The van der Waals surface area contributed by atoms with Crippen LogP contribution in [0.25, 0.3) is 0 Å². The number of rotatable bonds is 2. The maximum Gasteiger partial charge on any atom is 0.0564 e. The van der Waals surface area contributed by atoms with Crippen LogP contribution in [-0.4, -0.2) is 29.2 Å². The quantitative estimate of drug-likeness (QED) is 0.817. The third kappa shape index (κ3) is 2.97. The molecule has 1 fully saturated rings. The van der Waals surface area contributed by atoms with Crippen molar-refractivity contribution < 1.29 is 5.11 Å². The number of halogens is 1. The molecule has 4 heteroatoms. The lowest BCUT2D eigenvalue weighted by Crippen LogP contribution is -2.35. The number of nitrogens with zero attached hydrogens (tertiary/aromatic N) is 1. The molecule has 16 heavy (non-hydrogen) atoms. The number of anilines is 1. The van der Waals surface area contributed by atoms with Crippen molar-refractivity contribution >= 4 is 21.6 Å². The maximum atomic E-state index is 9.43. The Morgan fingerprint density at radius 1 is 1.38 bits per heavy atom. The van der Waals surface area contributed by atoms with Gasteiger partial charge in [-0.25, -0.2) is 0 Å². The van der Waals surface area contributed by atoms with E-state index < -0.39 is 0 Å². The van der Waals surface area contributed by atoms with Crippen molar-refractivity contribution in [2.24, 2.45) is 0 Å². The molecule has 3 N–H and O–H groups in total. The first kappa shape index (κ1) is 11.9. The number of nitrogens with two attached hydrogens (primary N) is 1. The van der Waals surface area contributed by atoms with Gasteiger partial charge < -0.3 is 10.8 Å². The Morgan fingerprint density at radius 3 is 2.69 bits per heavy atom. The van der Waals surface area contributed by atoms with Crippen LogP contribution >= 0.6 is 15.9 Å². The second-order valence-corrected chi connectivity index (χ2v) is 5.27. The van der Waals surface area contributed by atoms with Crippen molar-refractivity contribution in [1.29, 1.82) is 0 Å². The molecule has 2 rings (SSSR count). The summed E-state index contributed by atoms with van der Waals surface area (Å²) in [4.78, 5) is 2.34. The Balaban J connectivity index is 1.98. The zero-order valence-electron chi connectivity index (χ0n) is 9.19. The second-order valence-electron chi connectivity index (χ2n) is 4.35. The van der Waals surface area contributed by atoms with Gasteiger partial charge in [0, 0.05) is 29.8 Å². The number of likely N-dealkylation sites (tertiary alicyclic amines) is 1. The topological polar surface area (TPSA) is 49.5 Å². The van der Waals surface area contributed by atoms with Gasteiger partial charge in [0.1, 0.15) is 0 Å². The molecule has 1 aliphatic heterocycles. The molecule has 0 amide bonds. The first-order valence-electron chi connectivity index (χ1n) is 5.59. The smallest absolute Gasteiger partial charge is 0.0564 e. The fraction of sp³-hybridized carbons (Fsp3) is 0.500. The van der Waals surface area contributed by atoms with Crippen molar-refractivity contribution in [3.63, 3.8) is 0 Å². The highest BCUT2D eigenvalue weighted by atomic mass is 79.9. The van der Waals surface area contributed by atoms with Gasteiger partial charge in [-0.15, -0.1) is 0 Å². The summed E-state index contributed by atoms with van der Waals surface area (Å²) in [7, 11) is 0. The summed E-state index contributed by atoms with van der Waals surface area (Å²) in [6, 6.07) is 6.02. The minimum absolute atomic E-state index is 0.112. The molecule has 1 saturated heterocycles. The SMILES string of the molecule is Nc1cc(Br)ccc1CN1CCC(O)CC1.